The molecule has 0 spiro atoms. The molecule has 1 aliphatic heterocycles. The maximum atomic E-state index is 12.1. The van der Waals surface area contributed by atoms with Crippen LogP contribution in [0.2, 0.25) is 0 Å². The fourth-order valence-electron chi connectivity index (χ4n) is 2.59. The number of benzene rings is 1. The van der Waals surface area contributed by atoms with Crippen molar-refractivity contribution in [1.29, 1.82) is 0 Å². The number of ether oxygens (including phenoxy) is 1. The third-order valence-corrected chi connectivity index (χ3v) is 3.63. The molecule has 0 aliphatic carbocycles. The average Bonchev–Trinajstić information content (AvgIpc) is 2.90. The fourth-order valence-corrected chi connectivity index (χ4v) is 2.59. The summed E-state index contributed by atoms with van der Waals surface area (Å²) in [5.41, 5.74) is 2.39. The number of carbonyl (C=O) groups excluding carboxylic acids is 1. The molecular weight excluding hydrogens is 252 g/mol. The van der Waals surface area contributed by atoms with Crippen LogP contribution in [0.4, 0.5) is 0 Å². The molecule has 4 heteroatoms. The van der Waals surface area contributed by atoms with Gasteiger partial charge in [0, 0.05) is 7.05 Å². The van der Waals surface area contributed by atoms with Crippen LogP contribution in [-0.2, 0) is 4.79 Å². The van der Waals surface area contributed by atoms with Crippen LogP contribution in [0.15, 0.2) is 18.2 Å². The van der Waals surface area contributed by atoms with Crippen molar-refractivity contribution < 1.29 is 9.53 Å². The average molecular weight is 276 g/mol. The first-order valence-electron chi connectivity index (χ1n) is 7.26. The van der Waals surface area contributed by atoms with Gasteiger partial charge in [0.1, 0.15) is 12.4 Å². The molecule has 0 unspecified atom stereocenters. The molecule has 0 saturated carbocycles. The Bertz CT molecular complexity index is 447. The molecule has 1 aliphatic rings. The highest BCUT2D eigenvalue weighted by Gasteiger charge is 2.24. The maximum Gasteiger partial charge on any atom is 0.239 e. The summed E-state index contributed by atoms with van der Waals surface area (Å²) in [4.78, 5) is 13.9. The Balaban J connectivity index is 1.78. The van der Waals surface area contributed by atoms with Gasteiger partial charge < -0.3 is 15.0 Å². The predicted octanol–water partition coefficient (Wildman–Crippen LogP) is 1.89. The first-order valence-corrected chi connectivity index (χ1v) is 7.26. The Morgan fingerprint density at radius 3 is 2.65 bits per heavy atom. The second-order valence-electron chi connectivity index (χ2n) is 5.58. The van der Waals surface area contributed by atoms with Crippen molar-refractivity contribution >= 4 is 5.91 Å². The molecule has 1 fully saturated rings. The summed E-state index contributed by atoms with van der Waals surface area (Å²) in [6.07, 6.45) is 2.03. The van der Waals surface area contributed by atoms with Crippen LogP contribution in [0, 0.1) is 13.8 Å². The van der Waals surface area contributed by atoms with Crippen LogP contribution >= 0.6 is 0 Å². The van der Waals surface area contributed by atoms with Gasteiger partial charge in [-0.05, 0) is 56.5 Å². The van der Waals surface area contributed by atoms with E-state index in [4.69, 9.17) is 4.74 Å². The number of rotatable bonds is 5. The van der Waals surface area contributed by atoms with Gasteiger partial charge in [0.15, 0.2) is 0 Å². The van der Waals surface area contributed by atoms with Gasteiger partial charge in [-0.25, -0.2) is 0 Å². The van der Waals surface area contributed by atoms with Crippen molar-refractivity contribution in [1.82, 2.24) is 10.2 Å². The van der Waals surface area contributed by atoms with E-state index in [1.165, 1.54) is 11.1 Å². The Morgan fingerprint density at radius 2 is 2.05 bits per heavy atom. The first kappa shape index (κ1) is 14.9. The fraction of sp³-hybridized carbons (Fsp3) is 0.562. The van der Waals surface area contributed by atoms with Crippen molar-refractivity contribution in [2.45, 2.75) is 32.7 Å². The summed E-state index contributed by atoms with van der Waals surface area (Å²) in [7, 11) is 1.84. The van der Waals surface area contributed by atoms with E-state index >= 15 is 0 Å². The zero-order chi connectivity index (χ0) is 14.5. The molecule has 0 aromatic heterocycles. The predicted molar refractivity (Wildman–Crippen MR) is 80.1 cm³/mol. The lowest BCUT2D eigenvalue weighted by Gasteiger charge is -2.21. The Labute approximate surface area is 121 Å². The van der Waals surface area contributed by atoms with E-state index < -0.39 is 0 Å². The van der Waals surface area contributed by atoms with Crippen molar-refractivity contribution in [2.75, 3.05) is 26.7 Å². The molecule has 0 bridgehead atoms. The summed E-state index contributed by atoms with van der Waals surface area (Å²) < 4.78 is 5.74. The van der Waals surface area contributed by atoms with Gasteiger partial charge in [-0.15, -0.1) is 0 Å². The highest BCUT2D eigenvalue weighted by molar-refractivity contribution is 5.81. The van der Waals surface area contributed by atoms with Crippen LogP contribution in [0.25, 0.3) is 0 Å². The first-order chi connectivity index (χ1) is 9.56. The Morgan fingerprint density at radius 1 is 1.35 bits per heavy atom. The lowest BCUT2D eigenvalue weighted by Crippen LogP contribution is -2.43. The molecule has 2 rings (SSSR count). The summed E-state index contributed by atoms with van der Waals surface area (Å²) in [6.45, 7) is 6.20. The number of nitrogens with zero attached hydrogens (tertiary/aromatic N) is 1. The van der Waals surface area contributed by atoms with Crippen LogP contribution in [0.5, 0.6) is 5.75 Å². The lowest BCUT2D eigenvalue weighted by molar-refractivity contribution is -0.132. The molecular formula is C16H24N2O2. The summed E-state index contributed by atoms with van der Waals surface area (Å²) in [5.74, 6) is 1.05. The van der Waals surface area contributed by atoms with E-state index in [9.17, 15) is 4.79 Å². The summed E-state index contributed by atoms with van der Waals surface area (Å²) >= 11 is 0. The lowest BCUT2D eigenvalue weighted by atomic mass is 10.1. The SMILES string of the molecule is Cc1cc(C)cc(OCCN(C)C(=O)[C@@H]2CCCN2)c1. The third kappa shape index (κ3) is 3.97. The molecule has 1 heterocycles. The van der Waals surface area contributed by atoms with Gasteiger partial charge in [-0.1, -0.05) is 6.07 Å². The Kier molecular flexibility index (Phi) is 5.01. The van der Waals surface area contributed by atoms with Crippen molar-refractivity contribution in [3.63, 3.8) is 0 Å². The smallest absolute Gasteiger partial charge is 0.239 e. The van der Waals surface area contributed by atoms with Gasteiger partial charge >= 0.3 is 0 Å². The number of carbonyl (C=O) groups is 1. The number of hydrogen-bond donors (Lipinski definition) is 1. The normalized spacial score (nSPS) is 18.1. The van der Waals surface area contributed by atoms with Gasteiger partial charge in [0.2, 0.25) is 5.91 Å². The largest absolute Gasteiger partial charge is 0.492 e. The number of hydrogen-bond acceptors (Lipinski definition) is 3. The van der Waals surface area contributed by atoms with Gasteiger partial charge in [0.25, 0.3) is 0 Å². The standard InChI is InChI=1S/C16H24N2O2/c1-12-9-13(2)11-14(10-12)20-8-7-18(3)16(19)15-5-4-6-17-15/h9-11,15,17H,4-8H2,1-3H3/t15-/m0/s1. The van der Waals surface area contributed by atoms with E-state index in [0.717, 1.165) is 25.1 Å². The third-order valence-electron chi connectivity index (χ3n) is 3.63. The molecule has 110 valence electrons. The van der Waals surface area contributed by atoms with Crippen LogP contribution in [0.1, 0.15) is 24.0 Å². The number of aryl methyl sites for hydroxylation is 2. The second kappa shape index (κ2) is 6.75. The topological polar surface area (TPSA) is 41.6 Å². The quantitative estimate of drug-likeness (QED) is 0.893. The molecule has 1 amide bonds. The molecule has 1 atom stereocenters. The van der Waals surface area contributed by atoms with Crippen molar-refractivity contribution in [3.05, 3.63) is 29.3 Å². The molecule has 1 aromatic carbocycles. The summed E-state index contributed by atoms with van der Waals surface area (Å²) in [5, 5.41) is 3.23. The minimum absolute atomic E-state index is 0.00112. The second-order valence-corrected chi connectivity index (χ2v) is 5.58. The minimum atomic E-state index is 0.00112. The van der Waals surface area contributed by atoms with Crippen LogP contribution < -0.4 is 10.1 Å². The van der Waals surface area contributed by atoms with Crippen molar-refractivity contribution in [2.24, 2.45) is 0 Å². The zero-order valence-electron chi connectivity index (χ0n) is 12.6. The molecule has 1 N–H and O–H groups in total. The van der Waals surface area contributed by atoms with Crippen molar-refractivity contribution in [3.8, 4) is 5.75 Å². The number of nitrogens with one attached hydrogen (secondary N) is 1. The zero-order valence-corrected chi connectivity index (χ0v) is 12.6. The van der Waals surface area contributed by atoms with E-state index in [1.54, 1.807) is 4.90 Å². The van der Waals surface area contributed by atoms with E-state index in [2.05, 4.69) is 25.2 Å². The number of amides is 1. The molecule has 4 nitrogen and oxygen atoms in total. The highest BCUT2D eigenvalue weighted by atomic mass is 16.5. The van der Waals surface area contributed by atoms with Gasteiger partial charge in [-0.3, -0.25) is 4.79 Å². The number of likely N-dealkylation sites (N-methyl/N-ethyl adjacent to an activating group) is 1. The van der Waals surface area contributed by atoms with E-state index in [0.29, 0.717) is 13.2 Å². The summed E-state index contributed by atoms with van der Waals surface area (Å²) in [6, 6.07) is 6.16. The highest BCUT2D eigenvalue weighted by Crippen LogP contribution is 2.16. The van der Waals surface area contributed by atoms with Crippen LogP contribution in [0.3, 0.4) is 0 Å². The van der Waals surface area contributed by atoms with Gasteiger partial charge in [0.05, 0.1) is 12.6 Å². The van der Waals surface area contributed by atoms with Gasteiger partial charge in [-0.2, -0.15) is 0 Å². The monoisotopic (exact) mass is 276 g/mol. The van der Waals surface area contributed by atoms with E-state index in [-0.39, 0.29) is 11.9 Å². The molecule has 1 saturated heterocycles. The Hall–Kier alpha value is -1.55. The molecule has 20 heavy (non-hydrogen) atoms. The molecule has 1 aromatic rings. The maximum absolute atomic E-state index is 12.1. The molecule has 0 radical (unpaired) electrons. The van der Waals surface area contributed by atoms with E-state index in [1.807, 2.05) is 19.2 Å². The minimum Gasteiger partial charge on any atom is -0.492 e. The van der Waals surface area contributed by atoms with Crippen LogP contribution in [-0.4, -0.2) is 43.6 Å².